The summed E-state index contributed by atoms with van der Waals surface area (Å²) in [7, 11) is 0. The van der Waals surface area contributed by atoms with Crippen LogP contribution in [0.4, 0.5) is 0 Å². The second-order valence-electron chi connectivity index (χ2n) is 8.31. The first kappa shape index (κ1) is 24.3. The van der Waals surface area contributed by atoms with E-state index in [9.17, 15) is 9.59 Å². The van der Waals surface area contributed by atoms with Gasteiger partial charge < -0.3 is 19.8 Å². The summed E-state index contributed by atoms with van der Waals surface area (Å²) in [5.41, 5.74) is 0.474. The van der Waals surface area contributed by atoms with Crippen LogP contribution >= 0.6 is 12.2 Å². The molecule has 1 saturated carbocycles. The number of aromatic nitrogens is 2. The molecule has 0 saturated heterocycles. The third-order valence-corrected chi connectivity index (χ3v) is 6.22. The summed E-state index contributed by atoms with van der Waals surface area (Å²) >= 11 is 5.44. The molecule has 7 nitrogen and oxygen atoms in total. The molecule has 0 radical (unpaired) electrons. The number of ether oxygens (including phenoxy) is 2. The van der Waals surface area contributed by atoms with E-state index in [2.05, 4.69) is 10.3 Å². The van der Waals surface area contributed by atoms with Gasteiger partial charge in [0.15, 0.2) is 16.3 Å². The monoisotopic (exact) mass is 461 g/mol. The summed E-state index contributed by atoms with van der Waals surface area (Å²) in [6, 6.07) is 3.81. The number of rotatable bonds is 10. The number of hydrogen-bond acceptors (Lipinski definition) is 5. The molecular formula is C24H35N3O4S. The first-order chi connectivity index (χ1) is 15.5. The summed E-state index contributed by atoms with van der Waals surface area (Å²) in [6.07, 6.45) is 9.00. The van der Waals surface area contributed by atoms with Crippen molar-refractivity contribution in [2.24, 2.45) is 0 Å². The number of H-pyrrole nitrogens is 1. The minimum absolute atomic E-state index is 0.109. The largest absolute Gasteiger partial charge is 0.490 e. The number of nitrogens with one attached hydrogen (secondary N) is 2. The quantitative estimate of drug-likeness (QED) is 0.300. The molecule has 0 spiro atoms. The number of nitrogens with zero attached hydrogens (tertiary/aromatic N) is 1. The molecule has 1 aliphatic rings. The number of amides is 1. The lowest BCUT2D eigenvalue weighted by atomic mass is 10.1. The van der Waals surface area contributed by atoms with E-state index in [0.717, 1.165) is 12.8 Å². The van der Waals surface area contributed by atoms with E-state index >= 15 is 0 Å². The van der Waals surface area contributed by atoms with Crippen molar-refractivity contribution in [3.05, 3.63) is 27.3 Å². The first-order valence-corrected chi connectivity index (χ1v) is 12.3. The fourth-order valence-electron chi connectivity index (χ4n) is 4.28. The van der Waals surface area contributed by atoms with E-state index in [-0.39, 0.29) is 11.5 Å². The first-order valence-electron chi connectivity index (χ1n) is 11.9. The van der Waals surface area contributed by atoms with Crippen LogP contribution in [0.2, 0.25) is 0 Å². The van der Waals surface area contributed by atoms with Crippen LogP contribution in [0.5, 0.6) is 11.5 Å². The SMILES string of the molecule is CCOc1cc2[nH]c(=S)n(CCCCC(=O)NC3CCCCCC3)c(=O)c2cc1OCC. The van der Waals surface area contributed by atoms with Crippen molar-refractivity contribution in [1.82, 2.24) is 14.9 Å². The lowest BCUT2D eigenvalue weighted by Crippen LogP contribution is -2.34. The Morgan fingerprint density at radius 1 is 1.09 bits per heavy atom. The number of carbonyl (C=O) groups excluding carboxylic acids is 1. The number of benzene rings is 1. The molecule has 8 heteroatoms. The Balaban J connectivity index is 1.64. The predicted octanol–water partition coefficient (Wildman–Crippen LogP) is 4.87. The minimum Gasteiger partial charge on any atom is -0.490 e. The third kappa shape index (κ3) is 6.34. The lowest BCUT2D eigenvalue weighted by Gasteiger charge is -2.16. The van der Waals surface area contributed by atoms with Crippen molar-refractivity contribution >= 4 is 29.0 Å². The van der Waals surface area contributed by atoms with E-state index in [1.807, 2.05) is 13.8 Å². The molecular weight excluding hydrogens is 426 g/mol. The average molecular weight is 462 g/mol. The number of hydrogen-bond donors (Lipinski definition) is 2. The molecule has 1 amide bonds. The second-order valence-corrected chi connectivity index (χ2v) is 8.70. The highest BCUT2D eigenvalue weighted by atomic mass is 32.1. The summed E-state index contributed by atoms with van der Waals surface area (Å²) in [4.78, 5) is 28.5. The van der Waals surface area contributed by atoms with Crippen LogP contribution in [-0.2, 0) is 11.3 Å². The number of aromatic amines is 1. The van der Waals surface area contributed by atoms with Crippen LogP contribution in [0, 0.1) is 4.77 Å². The summed E-state index contributed by atoms with van der Waals surface area (Å²) < 4.78 is 13.2. The van der Waals surface area contributed by atoms with Gasteiger partial charge in [-0.05, 0) is 57.8 Å². The molecule has 0 atom stereocenters. The molecule has 1 heterocycles. The van der Waals surface area contributed by atoms with E-state index in [1.165, 1.54) is 25.7 Å². The Kier molecular flexibility index (Phi) is 9.14. The van der Waals surface area contributed by atoms with Crippen LogP contribution in [0.1, 0.15) is 71.6 Å². The smallest absolute Gasteiger partial charge is 0.262 e. The number of carbonyl (C=O) groups is 1. The maximum Gasteiger partial charge on any atom is 0.262 e. The van der Waals surface area contributed by atoms with Crippen LogP contribution < -0.4 is 20.3 Å². The van der Waals surface area contributed by atoms with Gasteiger partial charge in [0.05, 0.1) is 24.1 Å². The molecule has 1 aliphatic carbocycles. The van der Waals surface area contributed by atoms with Crippen LogP contribution in [-0.4, -0.2) is 34.7 Å². The molecule has 176 valence electrons. The Labute approximate surface area is 194 Å². The van der Waals surface area contributed by atoms with E-state index in [0.29, 0.717) is 72.2 Å². The Bertz CT molecular complexity index is 1020. The van der Waals surface area contributed by atoms with Gasteiger partial charge in [-0.25, -0.2) is 0 Å². The van der Waals surface area contributed by atoms with Crippen molar-refractivity contribution < 1.29 is 14.3 Å². The van der Waals surface area contributed by atoms with Gasteiger partial charge in [-0.15, -0.1) is 0 Å². The molecule has 0 unspecified atom stereocenters. The zero-order valence-corrected chi connectivity index (χ0v) is 20.0. The fourth-order valence-corrected chi connectivity index (χ4v) is 4.56. The summed E-state index contributed by atoms with van der Waals surface area (Å²) in [6.45, 7) is 5.24. The molecule has 1 aromatic heterocycles. The van der Waals surface area contributed by atoms with Crippen molar-refractivity contribution in [3.63, 3.8) is 0 Å². The molecule has 1 aromatic carbocycles. The van der Waals surface area contributed by atoms with Crippen molar-refractivity contribution in [1.29, 1.82) is 0 Å². The zero-order valence-electron chi connectivity index (χ0n) is 19.2. The van der Waals surface area contributed by atoms with Gasteiger partial charge in [0, 0.05) is 25.1 Å². The molecule has 0 bridgehead atoms. The Morgan fingerprint density at radius 3 is 2.41 bits per heavy atom. The maximum atomic E-state index is 13.1. The van der Waals surface area contributed by atoms with Gasteiger partial charge in [-0.3, -0.25) is 14.2 Å². The van der Waals surface area contributed by atoms with Gasteiger partial charge >= 0.3 is 0 Å². The molecule has 0 aliphatic heterocycles. The van der Waals surface area contributed by atoms with Gasteiger partial charge in [-0.2, -0.15) is 0 Å². The number of unbranched alkanes of at least 4 members (excludes halogenated alkanes) is 1. The molecule has 2 aromatic rings. The van der Waals surface area contributed by atoms with Crippen molar-refractivity contribution in [3.8, 4) is 11.5 Å². The highest BCUT2D eigenvalue weighted by Crippen LogP contribution is 2.30. The van der Waals surface area contributed by atoms with Crippen LogP contribution in [0.3, 0.4) is 0 Å². The van der Waals surface area contributed by atoms with E-state index < -0.39 is 0 Å². The normalized spacial score (nSPS) is 14.8. The highest BCUT2D eigenvalue weighted by Gasteiger charge is 2.15. The Morgan fingerprint density at radius 2 is 1.75 bits per heavy atom. The zero-order chi connectivity index (χ0) is 22.9. The average Bonchev–Trinajstić information content (AvgIpc) is 3.03. The lowest BCUT2D eigenvalue weighted by molar-refractivity contribution is -0.122. The highest BCUT2D eigenvalue weighted by molar-refractivity contribution is 7.71. The number of fused-ring (bicyclic) bond motifs is 1. The molecule has 3 rings (SSSR count). The maximum absolute atomic E-state index is 13.1. The predicted molar refractivity (Wildman–Crippen MR) is 129 cm³/mol. The molecule has 32 heavy (non-hydrogen) atoms. The van der Waals surface area contributed by atoms with Gasteiger partial charge in [0.1, 0.15) is 0 Å². The Hall–Kier alpha value is -2.35. The van der Waals surface area contributed by atoms with Gasteiger partial charge in [-0.1, -0.05) is 25.7 Å². The van der Waals surface area contributed by atoms with Crippen LogP contribution in [0.25, 0.3) is 10.9 Å². The van der Waals surface area contributed by atoms with Crippen molar-refractivity contribution in [2.75, 3.05) is 13.2 Å². The third-order valence-electron chi connectivity index (χ3n) is 5.90. The summed E-state index contributed by atoms with van der Waals surface area (Å²) in [5, 5.41) is 3.69. The van der Waals surface area contributed by atoms with Gasteiger partial charge in [0.25, 0.3) is 5.56 Å². The van der Waals surface area contributed by atoms with E-state index in [4.69, 9.17) is 21.7 Å². The van der Waals surface area contributed by atoms with Crippen LogP contribution in [0.15, 0.2) is 16.9 Å². The molecule has 1 fully saturated rings. The topological polar surface area (TPSA) is 85.4 Å². The standard InChI is InChI=1S/C24H35N3O4S/c1-3-30-20-15-18-19(16-21(20)31-4-2)26-24(32)27(23(18)29)14-10-9-13-22(28)25-17-11-7-5-6-8-12-17/h15-17H,3-14H2,1-2H3,(H,25,28)(H,26,32). The fraction of sp³-hybridized carbons (Fsp3) is 0.625. The summed E-state index contributed by atoms with van der Waals surface area (Å²) in [5.74, 6) is 1.24. The van der Waals surface area contributed by atoms with Gasteiger partial charge in [0.2, 0.25) is 5.91 Å². The minimum atomic E-state index is -0.157. The molecule has 2 N–H and O–H groups in total. The second kappa shape index (κ2) is 12.0. The van der Waals surface area contributed by atoms with E-state index in [1.54, 1.807) is 16.7 Å². The van der Waals surface area contributed by atoms with Crippen molar-refractivity contribution in [2.45, 2.75) is 84.2 Å².